The van der Waals surface area contributed by atoms with E-state index in [4.69, 9.17) is 11.6 Å². The van der Waals surface area contributed by atoms with Crippen LogP contribution < -0.4 is 10.2 Å². The van der Waals surface area contributed by atoms with Crippen molar-refractivity contribution in [2.24, 2.45) is 0 Å². The Bertz CT molecular complexity index is 732. The number of anilines is 2. The van der Waals surface area contributed by atoms with Crippen LogP contribution in [0.1, 0.15) is 10.4 Å². The van der Waals surface area contributed by atoms with Crippen molar-refractivity contribution in [1.29, 1.82) is 0 Å². The topological polar surface area (TPSA) is 35.6 Å². The smallest absolute Gasteiger partial charge is 0.255 e. The Labute approximate surface area is 158 Å². The minimum atomic E-state index is -0.326. The Balaban J connectivity index is 0.00000225. The maximum atomic E-state index is 14.4. The molecule has 1 aliphatic rings. The molecular formula is C18H20Cl2FN3O. The summed E-state index contributed by atoms with van der Waals surface area (Å²) in [7, 11) is 2.06. The average molecular weight is 384 g/mol. The van der Waals surface area contributed by atoms with E-state index in [9.17, 15) is 9.18 Å². The zero-order valence-electron chi connectivity index (χ0n) is 13.8. The molecule has 2 aromatic rings. The monoisotopic (exact) mass is 383 g/mol. The first-order valence-corrected chi connectivity index (χ1v) is 8.21. The fourth-order valence-corrected chi connectivity index (χ4v) is 2.82. The van der Waals surface area contributed by atoms with Crippen LogP contribution in [-0.4, -0.2) is 44.0 Å². The molecule has 0 atom stereocenters. The third-order valence-electron chi connectivity index (χ3n) is 4.16. The molecule has 0 spiro atoms. The average Bonchev–Trinajstić information content (AvgIpc) is 2.57. The van der Waals surface area contributed by atoms with Crippen molar-refractivity contribution in [1.82, 2.24) is 4.90 Å². The Morgan fingerprint density at radius 1 is 1.08 bits per heavy atom. The number of amides is 1. The SMILES string of the molecule is CN1CCN(c2ccc(NC(=O)c3ccc(Cl)cc3)cc2F)CC1.Cl. The van der Waals surface area contributed by atoms with E-state index >= 15 is 0 Å². The van der Waals surface area contributed by atoms with Crippen LogP contribution in [0.4, 0.5) is 15.8 Å². The molecule has 0 saturated carbocycles. The van der Waals surface area contributed by atoms with Gasteiger partial charge in [-0.15, -0.1) is 12.4 Å². The van der Waals surface area contributed by atoms with Crippen molar-refractivity contribution in [2.45, 2.75) is 0 Å². The highest BCUT2D eigenvalue weighted by atomic mass is 35.5. The van der Waals surface area contributed by atoms with Gasteiger partial charge in [-0.25, -0.2) is 4.39 Å². The number of carbonyl (C=O) groups excluding carboxylic acids is 1. The predicted octanol–water partition coefficient (Wildman–Crippen LogP) is 3.91. The lowest BCUT2D eigenvalue weighted by Gasteiger charge is -2.34. The van der Waals surface area contributed by atoms with Crippen molar-refractivity contribution in [3.63, 3.8) is 0 Å². The molecule has 0 aromatic heterocycles. The van der Waals surface area contributed by atoms with Crippen LogP contribution in [-0.2, 0) is 0 Å². The Morgan fingerprint density at radius 3 is 2.32 bits per heavy atom. The van der Waals surface area contributed by atoms with Crippen LogP contribution >= 0.6 is 24.0 Å². The standard InChI is InChI=1S/C18H19ClFN3O.ClH/c1-22-8-10-23(11-9-22)17-7-6-15(12-16(17)20)21-18(24)13-2-4-14(19)5-3-13;/h2-7,12H,8-11H2,1H3,(H,21,24);1H. The first kappa shape index (κ1) is 19.5. The number of hydrogen-bond acceptors (Lipinski definition) is 3. The van der Waals surface area contributed by atoms with Crippen molar-refractivity contribution in [3.8, 4) is 0 Å². The van der Waals surface area contributed by atoms with Crippen molar-refractivity contribution < 1.29 is 9.18 Å². The van der Waals surface area contributed by atoms with Gasteiger partial charge in [0.2, 0.25) is 0 Å². The zero-order valence-corrected chi connectivity index (χ0v) is 15.4. The van der Waals surface area contributed by atoms with Gasteiger partial charge in [-0.3, -0.25) is 4.79 Å². The molecule has 7 heteroatoms. The zero-order chi connectivity index (χ0) is 17.1. The number of carbonyl (C=O) groups is 1. The number of nitrogens with zero attached hydrogens (tertiary/aromatic N) is 2. The third kappa shape index (κ3) is 4.84. The van der Waals surface area contributed by atoms with E-state index in [-0.39, 0.29) is 24.1 Å². The highest BCUT2D eigenvalue weighted by Gasteiger charge is 2.17. The van der Waals surface area contributed by atoms with Gasteiger partial charge >= 0.3 is 0 Å². The van der Waals surface area contributed by atoms with Gasteiger partial charge in [0, 0.05) is 42.5 Å². The fraction of sp³-hybridized carbons (Fsp3) is 0.278. The normalized spacial score (nSPS) is 14.8. The van der Waals surface area contributed by atoms with E-state index in [1.165, 1.54) is 6.07 Å². The lowest BCUT2D eigenvalue weighted by molar-refractivity contribution is 0.102. The summed E-state index contributed by atoms with van der Waals surface area (Å²) in [6, 6.07) is 11.4. The highest BCUT2D eigenvalue weighted by Crippen LogP contribution is 2.24. The minimum Gasteiger partial charge on any atom is -0.367 e. The second-order valence-corrected chi connectivity index (χ2v) is 6.35. The second-order valence-electron chi connectivity index (χ2n) is 5.92. The molecule has 2 aromatic carbocycles. The molecular weight excluding hydrogens is 364 g/mol. The van der Waals surface area contributed by atoms with Gasteiger partial charge in [-0.2, -0.15) is 0 Å². The van der Waals surface area contributed by atoms with Crippen molar-refractivity contribution >= 4 is 41.3 Å². The molecule has 0 aliphatic carbocycles. The predicted molar refractivity (Wildman–Crippen MR) is 103 cm³/mol. The van der Waals surface area contributed by atoms with Crippen LogP contribution in [0, 0.1) is 5.82 Å². The van der Waals surface area contributed by atoms with E-state index in [0.717, 1.165) is 26.2 Å². The molecule has 0 bridgehead atoms. The van der Waals surface area contributed by atoms with Crippen LogP contribution in [0.2, 0.25) is 5.02 Å². The molecule has 3 rings (SSSR count). The van der Waals surface area contributed by atoms with Gasteiger partial charge in [-0.05, 0) is 49.5 Å². The molecule has 1 saturated heterocycles. The van der Waals surface area contributed by atoms with Gasteiger partial charge in [-0.1, -0.05) is 11.6 Å². The maximum Gasteiger partial charge on any atom is 0.255 e. The van der Waals surface area contributed by atoms with E-state index in [1.54, 1.807) is 36.4 Å². The summed E-state index contributed by atoms with van der Waals surface area (Å²) >= 11 is 5.81. The first-order chi connectivity index (χ1) is 11.5. The summed E-state index contributed by atoms with van der Waals surface area (Å²) in [4.78, 5) is 16.4. The summed E-state index contributed by atoms with van der Waals surface area (Å²) in [6.07, 6.45) is 0. The maximum absolute atomic E-state index is 14.4. The molecule has 134 valence electrons. The number of rotatable bonds is 3. The van der Waals surface area contributed by atoms with Gasteiger partial charge < -0.3 is 15.1 Å². The summed E-state index contributed by atoms with van der Waals surface area (Å²) in [5.74, 6) is -0.619. The van der Waals surface area contributed by atoms with Crippen molar-refractivity contribution in [3.05, 3.63) is 58.9 Å². The van der Waals surface area contributed by atoms with Gasteiger partial charge in [0.25, 0.3) is 5.91 Å². The molecule has 1 aliphatic heterocycles. The largest absolute Gasteiger partial charge is 0.367 e. The third-order valence-corrected chi connectivity index (χ3v) is 4.41. The lowest BCUT2D eigenvalue weighted by Crippen LogP contribution is -2.44. The van der Waals surface area contributed by atoms with E-state index in [1.807, 2.05) is 4.90 Å². The molecule has 1 fully saturated rings. The highest BCUT2D eigenvalue weighted by molar-refractivity contribution is 6.30. The molecule has 0 radical (unpaired) electrons. The Hall–Kier alpha value is -1.82. The number of piperazine rings is 1. The van der Waals surface area contributed by atoms with Gasteiger partial charge in [0.1, 0.15) is 5.82 Å². The first-order valence-electron chi connectivity index (χ1n) is 7.83. The molecule has 0 unspecified atom stereocenters. The number of hydrogen-bond donors (Lipinski definition) is 1. The molecule has 1 heterocycles. The van der Waals surface area contributed by atoms with E-state index < -0.39 is 0 Å². The van der Waals surface area contributed by atoms with E-state index in [2.05, 4.69) is 17.3 Å². The number of likely N-dealkylation sites (N-methyl/N-ethyl adjacent to an activating group) is 1. The van der Waals surface area contributed by atoms with Crippen LogP contribution in [0.25, 0.3) is 0 Å². The lowest BCUT2D eigenvalue weighted by atomic mass is 10.2. The minimum absolute atomic E-state index is 0. The molecule has 1 N–H and O–H groups in total. The van der Waals surface area contributed by atoms with Gasteiger partial charge in [0.15, 0.2) is 0 Å². The Kier molecular flexibility index (Phi) is 6.64. The molecule has 1 amide bonds. The number of halogens is 3. The summed E-state index contributed by atoms with van der Waals surface area (Å²) in [5.41, 5.74) is 1.49. The summed E-state index contributed by atoms with van der Waals surface area (Å²) < 4.78 is 14.4. The van der Waals surface area contributed by atoms with E-state index in [0.29, 0.717) is 22.0 Å². The number of benzene rings is 2. The summed E-state index contributed by atoms with van der Waals surface area (Å²) in [5, 5.41) is 3.27. The van der Waals surface area contributed by atoms with Crippen LogP contribution in [0.15, 0.2) is 42.5 Å². The second kappa shape index (κ2) is 8.52. The quantitative estimate of drug-likeness (QED) is 0.872. The summed E-state index contributed by atoms with van der Waals surface area (Å²) in [6.45, 7) is 3.41. The molecule has 4 nitrogen and oxygen atoms in total. The number of nitrogens with one attached hydrogen (secondary N) is 1. The van der Waals surface area contributed by atoms with Crippen LogP contribution in [0.3, 0.4) is 0 Å². The Morgan fingerprint density at radius 2 is 1.72 bits per heavy atom. The molecule has 25 heavy (non-hydrogen) atoms. The van der Waals surface area contributed by atoms with Crippen molar-refractivity contribution in [2.75, 3.05) is 43.4 Å². The fourth-order valence-electron chi connectivity index (χ4n) is 2.69. The van der Waals surface area contributed by atoms with Gasteiger partial charge in [0.05, 0.1) is 5.69 Å². The van der Waals surface area contributed by atoms with Crippen LogP contribution in [0.5, 0.6) is 0 Å².